The second-order valence-electron chi connectivity index (χ2n) is 4.55. The molecule has 1 heterocycles. The summed E-state index contributed by atoms with van der Waals surface area (Å²) in [7, 11) is 0. The number of ether oxygens (including phenoxy) is 1. The van der Waals surface area contributed by atoms with E-state index in [1.54, 1.807) is 30.5 Å². The zero-order valence-corrected chi connectivity index (χ0v) is 11.8. The van der Waals surface area contributed by atoms with Gasteiger partial charge >= 0.3 is 0 Å². The Balaban J connectivity index is 1.74. The van der Waals surface area contributed by atoms with Crippen LogP contribution in [-0.2, 0) is 0 Å². The van der Waals surface area contributed by atoms with Crippen LogP contribution in [0.4, 0.5) is 0 Å². The van der Waals surface area contributed by atoms with Crippen LogP contribution in [-0.4, -0.2) is 24.2 Å². The number of benzene rings is 1. The number of amidine groups is 1. The largest absolute Gasteiger partial charge is 0.492 e. The number of furan rings is 1. The van der Waals surface area contributed by atoms with E-state index in [1.807, 2.05) is 19.1 Å². The average molecular weight is 289 g/mol. The maximum atomic E-state index is 8.58. The van der Waals surface area contributed by atoms with Gasteiger partial charge in [0.15, 0.2) is 5.84 Å². The third kappa shape index (κ3) is 4.25. The van der Waals surface area contributed by atoms with Gasteiger partial charge in [0.1, 0.15) is 18.1 Å². The van der Waals surface area contributed by atoms with E-state index in [-0.39, 0.29) is 11.9 Å². The Bertz CT molecular complexity index is 564. The quantitative estimate of drug-likeness (QED) is 0.239. The number of nitrogens with two attached hydrogens (primary N) is 1. The van der Waals surface area contributed by atoms with Gasteiger partial charge in [-0.05, 0) is 43.3 Å². The molecule has 21 heavy (non-hydrogen) atoms. The van der Waals surface area contributed by atoms with Crippen LogP contribution in [0.5, 0.6) is 5.75 Å². The number of oxime groups is 1. The number of rotatable bonds is 7. The Labute approximate surface area is 123 Å². The van der Waals surface area contributed by atoms with E-state index in [9.17, 15) is 0 Å². The van der Waals surface area contributed by atoms with Crippen molar-refractivity contribution in [1.82, 2.24) is 5.32 Å². The van der Waals surface area contributed by atoms with Crippen LogP contribution >= 0.6 is 0 Å². The first kappa shape index (κ1) is 14.9. The first-order chi connectivity index (χ1) is 10.2. The topological polar surface area (TPSA) is 93.0 Å². The minimum Gasteiger partial charge on any atom is -0.492 e. The standard InChI is InChI=1S/C15H19N3O3/c1-11(14-3-2-9-21-14)17-8-10-20-13-6-4-12(5-7-13)15(16)18-19/h2-7,9,11,17,19H,8,10H2,1H3,(H2,16,18)/t11-/m0/s1. The molecule has 4 N–H and O–H groups in total. The number of nitrogens with zero attached hydrogens (tertiary/aromatic N) is 1. The van der Waals surface area contributed by atoms with Crippen LogP contribution < -0.4 is 15.8 Å². The summed E-state index contributed by atoms with van der Waals surface area (Å²) in [4.78, 5) is 0. The highest BCUT2D eigenvalue weighted by Crippen LogP contribution is 2.13. The van der Waals surface area contributed by atoms with Gasteiger partial charge in [0.05, 0.1) is 12.3 Å². The lowest BCUT2D eigenvalue weighted by molar-refractivity contribution is 0.302. The SMILES string of the molecule is C[C@H](NCCOc1ccc(/C(N)=N/O)cc1)c1ccco1. The molecule has 112 valence electrons. The van der Waals surface area contributed by atoms with Gasteiger partial charge < -0.3 is 25.4 Å². The highest BCUT2D eigenvalue weighted by atomic mass is 16.5. The average Bonchev–Trinajstić information content (AvgIpc) is 3.05. The first-order valence-electron chi connectivity index (χ1n) is 6.68. The van der Waals surface area contributed by atoms with E-state index in [2.05, 4.69) is 10.5 Å². The summed E-state index contributed by atoms with van der Waals surface area (Å²) >= 11 is 0. The number of nitrogens with one attached hydrogen (secondary N) is 1. The molecule has 0 unspecified atom stereocenters. The van der Waals surface area contributed by atoms with Crippen molar-refractivity contribution >= 4 is 5.84 Å². The Morgan fingerprint density at radius 2 is 2.14 bits per heavy atom. The lowest BCUT2D eigenvalue weighted by Gasteiger charge is -2.12. The maximum Gasteiger partial charge on any atom is 0.170 e. The molecule has 1 aromatic carbocycles. The fraction of sp³-hybridized carbons (Fsp3) is 0.267. The van der Waals surface area contributed by atoms with Crippen molar-refractivity contribution in [2.75, 3.05) is 13.2 Å². The van der Waals surface area contributed by atoms with Crippen molar-refractivity contribution in [1.29, 1.82) is 0 Å². The Hall–Kier alpha value is -2.47. The molecule has 2 rings (SSSR count). The lowest BCUT2D eigenvalue weighted by atomic mass is 10.2. The molecule has 0 spiro atoms. The highest BCUT2D eigenvalue weighted by Gasteiger charge is 2.06. The molecule has 0 aliphatic rings. The van der Waals surface area contributed by atoms with E-state index >= 15 is 0 Å². The third-order valence-electron chi connectivity index (χ3n) is 3.05. The molecule has 1 aromatic heterocycles. The summed E-state index contributed by atoms with van der Waals surface area (Å²) in [6, 6.07) is 11.0. The van der Waals surface area contributed by atoms with Gasteiger partial charge in [0, 0.05) is 12.1 Å². The summed E-state index contributed by atoms with van der Waals surface area (Å²) < 4.78 is 10.9. The van der Waals surface area contributed by atoms with Gasteiger partial charge in [-0.2, -0.15) is 0 Å². The van der Waals surface area contributed by atoms with E-state index in [4.69, 9.17) is 20.1 Å². The second-order valence-corrected chi connectivity index (χ2v) is 4.55. The lowest BCUT2D eigenvalue weighted by Crippen LogP contribution is -2.24. The molecule has 1 atom stereocenters. The molecule has 0 aliphatic heterocycles. The molecule has 0 saturated carbocycles. The molecule has 0 saturated heterocycles. The predicted molar refractivity (Wildman–Crippen MR) is 79.6 cm³/mol. The van der Waals surface area contributed by atoms with Crippen molar-refractivity contribution in [2.45, 2.75) is 13.0 Å². The van der Waals surface area contributed by atoms with Crippen LogP contribution in [0.2, 0.25) is 0 Å². The van der Waals surface area contributed by atoms with Crippen molar-refractivity contribution in [2.24, 2.45) is 10.9 Å². The van der Waals surface area contributed by atoms with Crippen molar-refractivity contribution < 1.29 is 14.4 Å². The van der Waals surface area contributed by atoms with Gasteiger partial charge in [-0.25, -0.2) is 0 Å². The Morgan fingerprint density at radius 1 is 1.38 bits per heavy atom. The zero-order valence-electron chi connectivity index (χ0n) is 11.8. The van der Waals surface area contributed by atoms with Crippen LogP contribution in [0.15, 0.2) is 52.2 Å². The molecule has 6 heteroatoms. The van der Waals surface area contributed by atoms with Crippen molar-refractivity contribution in [3.8, 4) is 5.75 Å². The van der Waals surface area contributed by atoms with Crippen molar-refractivity contribution in [3.05, 3.63) is 54.0 Å². The van der Waals surface area contributed by atoms with E-state index in [0.29, 0.717) is 18.7 Å². The molecule has 2 aromatic rings. The number of hydrogen-bond acceptors (Lipinski definition) is 5. The molecule has 0 bridgehead atoms. The maximum absolute atomic E-state index is 8.58. The minimum atomic E-state index is 0.0792. The number of hydrogen-bond donors (Lipinski definition) is 3. The van der Waals surface area contributed by atoms with Gasteiger partial charge in [-0.3, -0.25) is 0 Å². The normalized spacial score (nSPS) is 13.1. The highest BCUT2D eigenvalue weighted by molar-refractivity contribution is 5.97. The third-order valence-corrected chi connectivity index (χ3v) is 3.05. The monoisotopic (exact) mass is 289 g/mol. The van der Waals surface area contributed by atoms with Gasteiger partial charge in [-0.1, -0.05) is 5.16 Å². The molecular weight excluding hydrogens is 270 g/mol. The summed E-state index contributed by atoms with van der Waals surface area (Å²) in [5.41, 5.74) is 6.13. The Kier molecular flexibility index (Phi) is 5.22. The van der Waals surface area contributed by atoms with Gasteiger partial charge in [-0.15, -0.1) is 0 Å². The summed E-state index contributed by atoms with van der Waals surface area (Å²) in [5, 5.41) is 14.8. The second kappa shape index (κ2) is 7.35. The molecule has 0 amide bonds. The fourth-order valence-corrected chi connectivity index (χ4v) is 1.86. The summed E-state index contributed by atoms with van der Waals surface area (Å²) in [6.07, 6.45) is 1.66. The van der Waals surface area contributed by atoms with E-state index in [0.717, 1.165) is 11.5 Å². The van der Waals surface area contributed by atoms with Gasteiger partial charge in [0.2, 0.25) is 0 Å². The summed E-state index contributed by atoms with van der Waals surface area (Å²) in [6.45, 7) is 3.27. The van der Waals surface area contributed by atoms with E-state index in [1.165, 1.54) is 0 Å². The molecule has 0 fully saturated rings. The molecular formula is C15H19N3O3. The van der Waals surface area contributed by atoms with Crippen LogP contribution in [0.3, 0.4) is 0 Å². The van der Waals surface area contributed by atoms with Crippen molar-refractivity contribution in [3.63, 3.8) is 0 Å². The summed E-state index contributed by atoms with van der Waals surface area (Å²) in [5.74, 6) is 1.71. The zero-order chi connectivity index (χ0) is 15.1. The van der Waals surface area contributed by atoms with Crippen LogP contribution in [0.25, 0.3) is 0 Å². The minimum absolute atomic E-state index is 0.0792. The smallest absolute Gasteiger partial charge is 0.170 e. The van der Waals surface area contributed by atoms with Crippen LogP contribution in [0, 0.1) is 0 Å². The van der Waals surface area contributed by atoms with Crippen LogP contribution in [0.1, 0.15) is 24.3 Å². The van der Waals surface area contributed by atoms with E-state index < -0.39 is 0 Å². The Morgan fingerprint density at radius 3 is 2.76 bits per heavy atom. The molecule has 0 radical (unpaired) electrons. The van der Waals surface area contributed by atoms with Gasteiger partial charge in [0.25, 0.3) is 0 Å². The fourth-order valence-electron chi connectivity index (χ4n) is 1.86. The predicted octanol–water partition coefficient (Wildman–Crippen LogP) is 2.10. The molecule has 6 nitrogen and oxygen atoms in total. The molecule has 0 aliphatic carbocycles. The first-order valence-corrected chi connectivity index (χ1v) is 6.68.